The summed E-state index contributed by atoms with van der Waals surface area (Å²) in [6.45, 7) is 2.62. The van der Waals surface area contributed by atoms with Crippen molar-refractivity contribution in [2.24, 2.45) is 4.99 Å². The number of amidine groups is 1. The van der Waals surface area contributed by atoms with E-state index in [1.807, 2.05) is 24.3 Å². The predicted molar refractivity (Wildman–Crippen MR) is 147 cm³/mol. The molecule has 4 rings (SSSR count). The zero-order chi connectivity index (χ0) is 29.3. The molecule has 3 N–H and O–H groups in total. The van der Waals surface area contributed by atoms with Crippen molar-refractivity contribution in [3.05, 3.63) is 65.0 Å². The molecule has 0 aliphatic carbocycles. The predicted octanol–water partition coefficient (Wildman–Crippen LogP) is 3.30. The molecule has 216 valence electrons. The van der Waals surface area contributed by atoms with Crippen LogP contribution in [-0.4, -0.2) is 81.4 Å². The number of fused-ring (bicyclic) bond motifs is 1. The van der Waals surface area contributed by atoms with E-state index in [1.54, 1.807) is 17.3 Å². The molecule has 1 amide bonds. The highest BCUT2D eigenvalue weighted by Gasteiger charge is 2.38. The van der Waals surface area contributed by atoms with Gasteiger partial charge in [0.25, 0.3) is 0 Å². The third kappa shape index (κ3) is 8.76. The topological polar surface area (TPSA) is 128 Å². The first kappa shape index (κ1) is 31.0. The lowest BCUT2D eigenvalue weighted by Crippen LogP contribution is -2.32. The number of nitrogens with one attached hydrogen (secondary N) is 2. The van der Waals surface area contributed by atoms with Gasteiger partial charge in [-0.15, -0.1) is 11.3 Å². The summed E-state index contributed by atoms with van der Waals surface area (Å²) in [4.78, 5) is 27.8. The largest absolute Gasteiger partial charge is 0.490 e. The number of alkyl halides is 3. The number of carbonyl (C=O) groups excluding carboxylic acids is 1. The molecule has 0 bridgehead atoms. The van der Waals surface area contributed by atoms with Gasteiger partial charge in [-0.1, -0.05) is 42.5 Å². The second kappa shape index (κ2) is 13.7. The number of sulfone groups is 1. The Balaban J connectivity index is 0.000000559. The highest BCUT2D eigenvalue weighted by Crippen LogP contribution is 2.29. The number of carboxylic acid groups (broad SMARTS) is 1. The first-order valence-electron chi connectivity index (χ1n) is 12.2. The number of carbonyl (C=O) groups is 2. The normalized spacial score (nSPS) is 13.2. The molecule has 0 saturated heterocycles. The smallest absolute Gasteiger partial charge is 0.475 e. The third-order valence-corrected chi connectivity index (χ3v) is 8.60. The lowest BCUT2D eigenvalue weighted by molar-refractivity contribution is -0.192. The van der Waals surface area contributed by atoms with Crippen LogP contribution in [0.1, 0.15) is 17.5 Å². The Labute approximate surface area is 233 Å². The number of hydrogen-bond acceptors (Lipinski definition) is 8. The van der Waals surface area contributed by atoms with Crippen LogP contribution >= 0.6 is 11.3 Å². The quantitative estimate of drug-likeness (QED) is 0.306. The SMILES string of the molecule is CN(CCc1ccc(C2=NCCN2)cc1)C(=O)CCNCS(=O)(=O)c1csc2ccccc12.O=C(O)C(F)(F)F. The molecule has 0 radical (unpaired) electrons. The van der Waals surface area contributed by atoms with Crippen molar-refractivity contribution >= 4 is 49.0 Å². The molecule has 0 fully saturated rings. The van der Waals surface area contributed by atoms with Gasteiger partial charge in [0.2, 0.25) is 5.91 Å². The van der Waals surface area contributed by atoms with Crippen LogP contribution in [0.5, 0.6) is 0 Å². The summed E-state index contributed by atoms with van der Waals surface area (Å²) in [5.41, 5.74) is 2.24. The molecule has 3 aromatic rings. The fraction of sp³-hybridized carbons (Fsp3) is 0.346. The highest BCUT2D eigenvalue weighted by atomic mass is 32.2. The molecule has 2 heterocycles. The first-order valence-corrected chi connectivity index (χ1v) is 14.7. The fourth-order valence-corrected chi connectivity index (χ4v) is 6.41. The van der Waals surface area contributed by atoms with E-state index in [4.69, 9.17) is 9.90 Å². The second-order valence-corrected chi connectivity index (χ2v) is 11.7. The number of rotatable bonds is 10. The molecular weight excluding hydrogens is 569 g/mol. The van der Waals surface area contributed by atoms with E-state index in [-0.39, 0.29) is 18.2 Å². The minimum atomic E-state index is -5.08. The summed E-state index contributed by atoms with van der Waals surface area (Å²) in [6, 6.07) is 15.7. The van der Waals surface area contributed by atoms with E-state index in [0.29, 0.717) is 18.0 Å². The number of carboxylic acids is 1. The maximum absolute atomic E-state index is 12.7. The van der Waals surface area contributed by atoms with Crippen molar-refractivity contribution in [1.29, 1.82) is 0 Å². The van der Waals surface area contributed by atoms with Gasteiger partial charge in [0, 0.05) is 54.1 Å². The number of nitrogens with zero attached hydrogens (tertiary/aromatic N) is 2. The maximum Gasteiger partial charge on any atom is 0.490 e. The fourth-order valence-electron chi connectivity index (χ4n) is 3.71. The van der Waals surface area contributed by atoms with Crippen LogP contribution in [0.3, 0.4) is 0 Å². The average Bonchev–Trinajstić information content (AvgIpc) is 3.61. The minimum absolute atomic E-state index is 0.0120. The Morgan fingerprint density at radius 2 is 1.82 bits per heavy atom. The van der Waals surface area contributed by atoms with Gasteiger partial charge < -0.3 is 20.6 Å². The average molecular weight is 599 g/mol. The van der Waals surface area contributed by atoms with Crippen molar-refractivity contribution in [3.8, 4) is 0 Å². The molecule has 1 aliphatic heterocycles. The van der Waals surface area contributed by atoms with Crippen LogP contribution in [0.2, 0.25) is 0 Å². The molecular formula is C26H29F3N4O5S2. The van der Waals surface area contributed by atoms with Gasteiger partial charge in [-0.25, -0.2) is 13.2 Å². The standard InChI is InChI=1S/C24H28N4O3S2.C2HF3O2/c1-28(15-11-18-6-8-19(9-7-18)24-26-13-14-27-24)23(29)10-12-25-17-33(30,31)22-16-32-21-5-3-2-4-20(21)22;3-2(4,5)1(6)7/h2-9,16,25H,10-15,17H2,1H3,(H,26,27);(H,6,7). The third-order valence-electron chi connectivity index (χ3n) is 5.89. The number of thiophene rings is 1. The van der Waals surface area contributed by atoms with Gasteiger partial charge >= 0.3 is 12.1 Å². The van der Waals surface area contributed by atoms with Crippen molar-refractivity contribution < 1.29 is 36.3 Å². The Kier molecular flexibility index (Phi) is 10.7. The van der Waals surface area contributed by atoms with Gasteiger partial charge in [-0.05, 0) is 18.1 Å². The molecule has 0 spiro atoms. The minimum Gasteiger partial charge on any atom is -0.475 e. The molecule has 0 unspecified atom stereocenters. The number of aliphatic imine (C=N–C) groups is 1. The van der Waals surface area contributed by atoms with Crippen molar-refractivity contribution in [2.75, 3.05) is 39.1 Å². The molecule has 0 atom stereocenters. The molecule has 0 saturated carbocycles. The number of amides is 1. The Morgan fingerprint density at radius 3 is 2.45 bits per heavy atom. The lowest BCUT2D eigenvalue weighted by atomic mass is 10.1. The van der Waals surface area contributed by atoms with E-state index >= 15 is 0 Å². The summed E-state index contributed by atoms with van der Waals surface area (Å²) < 4.78 is 58.1. The molecule has 14 heteroatoms. The summed E-state index contributed by atoms with van der Waals surface area (Å²) >= 11 is 1.42. The summed E-state index contributed by atoms with van der Waals surface area (Å²) in [5, 5.41) is 15.7. The summed E-state index contributed by atoms with van der Waals surface area (Å²) in [7, 11) is -1.68. The van der Waals surface area contributed by atoms with Crippen molar-refractivity contribution in [2.45, 2.75) is 23.9 Å². The number of benzene rings is 2. The van der Waals surface area contributed by atoms with E-state index < -0.39 is 22.0 Å². The Hall–Kier alpha value is -3.49. The van der Waals surface area contributed by atoms with Gasteiger partial charge in [0.05, 0.1) is 11.4 Å². The number of aliphatic carboxylic acids is 1. The van der Waals surface area contributed by atoms with Crippen LogP contribution < -0.4 is 10.6 Å². The monoisotopic (exact) mass is 598 g/mol. The van der Waals surface area contributed by atoms with Crippen LogP contribution in [0.4, 0.5) is 13.2 Å². The number of likely N-dealkylation sites (N-methyl/N-ethyl adjacent to an activating group) is 1. The molecule has 1 aromatic heterocycles. The zero-order valence-electron chi connectivity index (χ0n) is 21.6. The Bertz CT molecular complexity index is 1450. The van der Waals surface area contributed by atoms with Crippen LogP contribution in [-0.2, 0) is 25.8 Å². The Morgan fingerprint density at radius 1 is 1.15 bits per heavy atom. The number of hydrogen-bond donors (Lipinski definition) is 3. The molecule has 2 aromatic carbocycles. The lowest BCUT2D eigenvalue weighted by Gasteiger charge is -2.17. The molecule has 1 aliphatic rings. The molecule has 40 heavy (non-hydrogen) atoms. The first-order chi connectivity index (χ1) is 18.9. The van der Waals surface area contributed by atoms with Gasteiger partial charge in [-0.3, -0.25) is 9.79 Å². The second-order valence-electron chi connectivity index (χ2n) is 8.83. The highest BCUT2D eigenvalue weighted by molar-refractivity contribution is 7.91. The van der Waals surface area contributed by atoms with Gasteiger partial charge in [0.1, 0.15) is 11.7 Å². The summed E-state index contributed by atoms with van der Waals surface area (Å²) in [6.07, 6.45) is -4.07. The summed E-state index contributed by atoms with van der Waals surface area (Å²) in [5.74, 6) is -2.01. The maximum atomic E-state index is 12.7. The van der Waals surface area contributed by atoms with Crippen molar-refractivity contribution in [1.82, 2.24) is 15.5 Å². The van der Waals surface area contributed by atoms with E-state index in [9.17, 15) is 26.4 Å². The van der Waals surface area contributed by atoms with Crippen LogP contribution in [0, 0.1) is 0 Å². The van der Waals surface area contributed by atoms with Gasteiger partial charge in [-0.2, -0.15) is 13.2 Å². The van der Waals surface area contributed by atoms with E-state index in [0.717, 1.165) is 46.6 Å². The van der Waals surface area contributed by atoms with Crippen LogP contribution in [0.15, 0.2) is 63.8 Å². The van der Waals surface area contributed by atoms with E-state index in [1.165, 1.54) is 11.3 Å². The zero-order valence-corrected chi connectivity index (χ0v) is 23.2. The van der Waals surface area contributed by atoms with Crippen molar-refractivity contribution in [3.63, 3.8) is 0 Å². The van der Waals surface area contributed by atoms with E-state index in [2.05, 4.69) is 39.9 Å². The van der Waals surface area contributed by atoms with Crippen LogP contribution in [0.25, 0.3) is 10.1 Å². The van der Waals surface area contributed by atoms with Gasteiger partial charge in [0.15, 0.2) is 9.84 Å². The number of halogens is 3. The molecule has 9 nitrogen and oxygen atoms in total.